The number of carbonyl (C=O) groups excluding carboxylic acids is 1. The molecule has 0 aromatic heterocycles. The van der Waals surface area contributed by atoms with Crippen molar-refractivity contribution in [2.24, 2.45) is 0 Å². The molecule has 0 heterocycles. The maximum atomic E-state index is 11.5. The van der Waals surface area contributed by atoms with Crippen LogP contribution < -0.4 is 10.6 Å². The van der Waals surface area contributed by atoms with Crippen LogP contribution in [0.15, 0.2) is 24.3 Å². The van der Waals surface area contributed by atoms with Crippen LogP contribution >= 0.6 is 0 Å². The first kappa shape index (κ1) is 16.0. The maximum Gasteiger partial charge on any atom is 0.319 e. The van der Waals surface area contributed by atoms with Crippen molar-refractivity contribution in [2.75, 3.05) is 25.6 Å². The van der Waals surface area contributed by atoms with E-state index in [-0.39, 0.29) is 6.03 Å². The Morgan fingerprint density at radius 3 is 2.35 bits per heavy atom. The number of hydrogen-bond donors (Lipinski definition) is 3. The van der Waals surface area contributed by atoms with Crippen molar-refractivity contribution in [1.29, 1.82) is 0 Å². The van der Waals surface area contributed by atoms with Crippen molar-refractivity contribution < 1.29 is 19.4 Å². The number of rotatable bonds is 6. The van der Waals surface area contributed by atoms with Gasteiger partial charge in [0.05, 0.1) is 12.0 Å². The predicted molar refractivity (Wildman–Crippen MR) is 76.0 cm³/mol. The highest BCUT2D eigenvalue weighted by molar-refractivity contribution is 5.89. The van der Waals surface area contributed by atoms with Crippen molar-refractivity contribution in [1.82, 2.24) is 5.32 Å². The van der Waals surface area contributed by atoms with E-state index in [1.54, 1.807) is 45.2 Å². The fourth-order valence-corrected chi connectivity index (χ4v) is 1.54. The lowest BCUT2D eigenvalue weighted by Gasteiger charge is -2.19. The molecule has 0 aliphatic carbocycles. The summed E-state index contributed by atoms with van der Waals surface area (Å²) in [5.41, 5.74) is 0.319. The van der Waals surface area contributed by atoms with E-state index in [0.717, 1.165) is 0 Å². The molecule has 0 saturated carbocycles. The van der Waals surface area contributed by atoms with Crippen LogP contribution in [0, 0.1) is 0 Å². The largest absolute Gasteiger partial charge is 0.481 e. The second-order valence-electron chi connectivity index (χ2n) is 4.88. The van der Waals surface area contributed by atoms with Gasteiger partial charge in [-0.3, -0.25) is 4.79 Å². The molecule has 0 saturated heterocycles. The van der Waals surface area contributed by atoms with E-state index >= 15 is 0 Å². The van der Waals surface area contributed by atoms with E-state index in [4.69, 9.17) is 9.84 Å². The van der Waals surface area contributed by atoms with E-state index in [1.807, 2.05) is 0 Å². The van der Waals surface area contributed by atoms with Crippen LogP contribution in [0.25, 0.3) is 0 Å². The van der Waals surface area contributed by atoms with Gasteiger partial charge in [0.1, 0.15) is 0 Å². The molecule has 0 atom stereocenters. The third-order valence-corrected chi connectivity index (χ3v) is 2.99. The maximum absolute atomic E-state index is 11.5. The zero-order valence-electron chi connectivity index (χ0n) is 11.9. The van der Waals surface area contributed by atoms with Gasteiger partial charge in [0.2, 0.25) is 0 Å². The molecule has 0 aliphatic rings. The molecule has 2 amide bonds. The number of urea groups is 1. The number of benzene rings is 1. The summed E-state index contributed by atoms with van der Waals surface area (Å²) in [5, 5.41) is 14.4. The van der Waals surface area contributed by atoms with Gasteiger partial charge >= 0.3 is 12.0 Å². The Kier molecular flexibility index (Phi) is 5.52. The number of anilines is 1. The molecule has 0 fully saturated rings. The van der Waals surface area contributed by atoms with Crippen molar-refractivity contribution in [3.63, 3.8) is 0 Å². The van der Waals surface area contributed by atoms with E-state index in [2.05, 4.69) is 10.6 Å². The standard InChI is InChI=1S/C14H20N2O4/c1-14(2,12(17)18)10-4-6-11(7-5-10)16-13(19)15-8-9-20-3/h4-7H,8-9H2,1-3H3,(H,17,18)(H2,15,16,19). The van der Waals surface area contributed by atoms with Gasteiger partial charge in [-0.05, 0) is 31.5 Å². The van der Waals surface area contributed by atoms with Crippen LogP contribution in [0.5, 0.6) is 0 Å². The highest BCUT2D eigenvalue weighted by atomic mass is 16.5. The number of nitrogens with one attached hydrogen (secondary N) is 2. The number of carboxylic acids is 1. The second-order valence-corrected chi connectivity index (χ2v) is 4.88. The van der Waals surface area contributed by atoms with E-state index < -0.39 is 11.4 Å². The van der Waals surface area contributed by atoms with Gasteiger partial charge in [0.15, 0.2) is 0 Å². The van der Waals surface area contributed by atoms with Gasteiger partial charge in [-0.2, -0.15) is 0 Å². The number of methoxy groups -OCH3 is 1. The highest BCUT2D eigenvalue weighted by Gasteiger charge is 2.29. The van der Waals surface area contributed by atoms with Gasteiger partial charge in [0, 0.05) is 19.3 Å². The highest BCUT2D eigenvalue weighted by Crippen LogP contribution is 2.24. The fourth-order valence-electron chi connectivity index (χ4n) is 1.54. The molecule has 0 radical (unpaired) electrons. The summed E-state index contributed by atoms with van der Waals surface area (Å²) in [5.74, 6) is -0.893. The van der Waals surface area contributed by atoms with E-state index in [9.17, 15) is 9.59 Å². The summed E-state index contributed by atoms with van der Waals surface area (Å²) >= 11 is 0. The number of ether oxygens (including phenoxy) is 1. The minimum absolute atomic E-state index is 0.327. The number of hydrogen-bond acceptors (Lipinski definition) is 3. The first-order valence-corrected chi connectivity index (χ1v) is 6.25. The lowest BCUT2D eigenvalue weighted by atomic mass is 9.85. The van der Waals surface area contributed by atoms with Crippen LogP contribution in [-0.2, 0) is 14.9 Å². The summed E-state index contributed by atoms with van der Waals surface area (Å²) in [4.78, 5) is 22.6. The van der Waals surface area contributed by atoms with Crippen molar-refractivity contribution in [3.8, 4) is 0 Å². The topological polar surface area (TPSA) is 87.7 Å². The van der Waals surface area contributed by atoms with Crippen molar-refractivity contribution in [3.05, 3.63) is 29.8 Å². The monoisotopic (exact) mass is 280 g/mol. The number of amides is 2. The average Bonchev–Trinajstić information content (AvgIpc) is 2.39. The van der Waals surface area contributed by atoms with E-state index in [1.165, 1.54) is 0 Å². The van der Waals surface area contributed by atoms with Gasteiger partial charge in [-0.15, -0.1) is 0 Å². The first-order valence-electron chi connectivity index (χ1n) is 6.25. The Bertz CT molecular complexity index is 469. The van der Waals surface area contributed by atoms with Gasteiger partial charge in [0.25, 0.3) is 0 Å². The average molecular weight is 280 g/mol. The summed E-state index contributed by atoms with van der Waals surface area (Å²) in [7, 11) is 1.56. The summed E-state index contributed by atoms with van der Waals surface area (Å²) in [6.45, 7) is 4.13. The summed E-state index contributed by atoms with van der Waals surface area (Å²) in [6, 6.07) is 6.41. The second kappa shape index (κ2) is 6.91. The molecule has 1 aromatic carbocycles. The lowest BCUT2D eigenvalue weighted by molar-refractivity contribution is -0.142. The Hall–Kier alpha value is -2.08. The van der Waals surface area contributed by atoms with Crippen LogP contribution in [0.3, 0.4) is 0 Å². The van der Waals surface area contributed by atoms with Crippen LogP contribution in [-0.4, -0.2) is 37.4 Å². The molecule has 110 valence electrons. The smallest absolute Gasteiger partial charge is 0.319 e. The minimum atomic E-state index is -0.959. The zero-order chi connectivity index (χ0) is 15.2. The normalized spacial score (nSPS) is 10.9. The molecule has 6 nitrogen and oxygen atoms in total. The Balaban J connectivity index is 2.63. The SMILES string of the molecule is COCCNC(=O)Nc1ccc(C(C)(C)C(=O)O)cc1. The third kappa shape index (κ3) is 4.24. The number of carbonyl (C=O) groups is 2. The van der Waals surface area contributed by atoms with Gasteiger partial charge < -0.3 is 20.5 Å². The molecule has 1 aromatic rings. The van der Waals surface area contributed by atoms with Gasteiger partial charge in [-0.25, -0.2) is 4.79 Å². The Morgan fingerprint density at radius 1 is 1.25 bits per heavy atom. The molecule has 3 N–H and O–H groups in total. The fraction of sp³-hybridized carbons (Fsp3) is 0.429. The number of aliphatic carboxylic acids is 1. The lowest BCUT2D eigenvalue weighted by Crippen LogP contribution is -2.31. The molecule has 20 heavy (non-hydrogen) atoms. The molecule has 0 aliphatic heterocycles. The van der Waals surface area contributed by atoms with Crippen LogP contribution in [0.2, 0.25) is 0 Å². The molecular weight excluding hydrogens is 260 g/mol. The van der Waals surface area contributed by atoms with E-state index in [0.29, 0.717) is 24.4 Å². The molecule has 0 unspecified atom stereocenters. The Morgan fingerprint density at radius 2 is 1.85 bits per heavy atom. The third-order valence-electron chi connectivity index (χ3n) is 2.99. The predicted octanol–water partition coefficient (Wildman–Crippen LogP) is 1.82. The quantitative estimate of drug-likeness (QED) is 0.694. The van der Waals surface area contributed by atoms with Crippen molar-refractivity contribution in [2.45, 2.75) is 19.3 Å². The van der Waals surface area contributed by atoms with Gasteiger partial charge in [-0.1, -0.05) is 12.1 Å². The van der Waals surface area contributed by atoms with Crippen LogP contribution in [0.4, 0.5) is 10.5 Å². The molecular formula is C14H20N2O4. The summed E-state index contributed by atoms with van der Waals surface area (Å²) < 4.78 is 4.82. The zero-order valence-corrected chi connectivity index (χ0v) is 11.9. The van der Waals surface area contributed by atoms with Crippen molar-refractivity contribution >= 4 is 17.7 Å². The van der Waals surface area contributed by atoms with Crippen LogP contribution in [0.1, 0.15) is 19.4 Å². The molecule has 6 heteroatoms. The molecule has 0 bridgehead atoms. The molecule has 1 rings (SSSR count). The molecule has 0 spiro atoms. The number of carboxylic acid groups (broad SMARTS) is 1. The first-order chi connectivity index (χ1) is 9.37. The minimum Gasteiger partial charge on any atom is -0.481 e. The summed E-state index contributed by atoms with van der Waals surface area (Å²) in [6.07, 6.45) is 0. The Labute approximate surface area is 118 Å².